The van der Waals surface area contributed by atoms with Gasteiger partial charge in [-0.2, -0.15) is 0 Å². The van der Waals surface area contributed by atoms with Gasteiger partial charge in [0.2, 0.25) is 0 Å². The van der Waals surface area contributed by atoms with Crippen molar-refractivity contribution in [3.05, 3.63) is 47.5 Å². The molecule has 0 bridgehead atoms. The van der Waals surface area contributed by atoms with E-state index in [0.717, 1.165) is 0 Å². The van der Waals surface area contributed by atoms with Crippen molar-refractivity contribution in [2.45, 2.75) is 185 Å². The Morgan fingerprint density at radius 1 is 0.346 bits per heavy atom. The van der Waals surface area contributed by atoms with E-state index in [1.807, 2.05) is 22.7 Å². The Balaban J connectivity index is 1.34. The predicted molar refractivity (Wildman–Crippen MR) is 251 cm³/mol. The molecule has 0 saturated heterocycles. The van der Waals surface area contributed by atoms with Crippen LogP contribution in [-0.2, 0) is 12.8 Å². The Hall–Kier alpha value is 0.397. The van der Waals surface area contributed by atoms with Crippen LogP contribution < -0.4 is 5.79 Å². The molecule has 4 heterocycles. The number of aryl methyl sites for hydroxylation is 2. The second-order valence-corrected chi connectivity index (χ2v) is 52.5. The minimum absolute atomic E-state index is 1.28. The van der Waals surface area contributed by atoms with Gasteiger partial charge in [0.15, 0.2) is 0 Å². The van der Waals surface area contributed by atoms with E-state index in [4.69, 9.17) is 0 Å². The topological polar surface area (TPSA) is 0 Å². The third-order valence-corrected chi connectivity index (χ3v) is 34.8. The van der Waals surface area contributed by atoms with Crippen molar-refractivity contribution < 1.29 is 0 Å². The van der Waals surface area contributed by atoms with Gasteiger partial charge in [0.1, 0.15) is 0 Å². The first-order valence-corrected chi connectivity index (χ1v) is 44.7. The zero-order valence-electron chi connectivity index (χ0n) is 34.7. The molecule has 0 radical (unpaired) electrons. The Morgan fingerprint density at radius 3 is 0.904 bits per heavy atom. The van der Waals surface area contributed by atoms with Crippen LogP contribution in [0.2, 0.25) is 29.6 Å². The van der Waals surface area contributed by atoms with E-state index in [2.05, 4.69) is 103 Å². The first-order valence-electron chi connectivity index (χ1n) is 21.5. The molecule has 0 aromatic carbocycles. The second-order valence-electron chi connectivity index (χ2n) is 17.6. The number of hydrogen-bond acceptors (Lipinski definition) is 4. The monoisotopic (exact) mass is 994 g/mol. The number of rotatable bonds is 27. The number of thiophene rings is 4. The van der Waals surface area contributed by atoms with Crippen molar-refractivity contribution in [1.29, 1.82) is 0 Å². The van der Waals surface area contributed by atoms with Gasteiger partial charge < -0.3 is 0 Å². The summed E-state index contributed by atoms with van der Waals surface area (Å²) in [5.74, 6) is 0. The third-order valence-electron chi connectivity index (χ3n) is 10.5. The van der Waals surface area contributed by atoms with Crippen molar-refractivity contribution in [1.82, 2.24) is 0 Å². The molecular weight excluding hydrogens is 918 g/mol. The molecule has 4 aromatic heterocycles. The van der Waals surface area contributed by atoms with E-state index in [-0.39, 0.29) is 0 Å². The maximum atomic E-state index is 2.61. The zero-order valence-corrected chi connectivity index (χ0v) is 43.6. The molecule has 4 rings (SSSR count). The van der Waals surface area contributed by atoms with Gasteiger partial charge in [-0.05, 0) is 0 Å². The number of unbranched alkanes of at least 4 members (excludes halogenated alkanes) is 18. The maximum absolute atomic E-state index is 2.61. The van der Waals surface area contributed by atoms with Crippen LogP contribution in [0.3, 0.4) is 0 Å². The normalized spacial score (nSPS) is 12.4. The van der Waals surface area contributed by atoms with Crippen LogP contribution in [0.5, 0.6) is 0 Å². The summed E-state index contributed by atoms with van der Waals surface area (Å²) in [6.45, 7) is 4.62. The van der Waals surface area contributed by atoms with Crippen molar-refractivity contribution >= 4 is 87.9 Å². The Kier molecular flexibility index (Phi) is 20.5. The molecule has 0 atom stereocenters. The molecular formula is C46H74S4Sn2. The van der Waals surface area contributed by atoms with E-state index >= 15 is 0 Å². The van der Waals surface area contributed by atoms with Crippen LogP contribution >= 0.6 is 45.3 Å². The third kappa shape index (κ3) is 15.0. The number of hydrogen-bond donors (Lipinski definition) is 0. The molecule has 0 nitrogen and oxygen atoms in total. The fraction of sp³-hybridized carbons (Fsp3) is 0.652. The van der Waals surface area contributed by atoms with Gasteiger partial charge in [0.25, 0.3) is 0 Å². The molecule has 0 aliphatic rings. The molecule has 52 heavy (non-hydrogen) atoms. The molecule has 0 aliphatic carbocycles. The summed E-state index contributed by atoms with van der Waals surface area (Å²) in [5.41, 5.74) is 3.39. The van der Waals surface area contributed by atoms with Gasteiger partial charge >= 0.3 is 323 Å². The zero-order chi connectivity index (χ0) is 37.4. The average molecular weight is 993 g/mol. The van der Waals surface area contributed by atoms with Crippen LogP contribution in [-0.4, -0.2) is 36.8 Å². The van der Waals surface area contributed by atoms with Gasteiger partial charge in [-0.25, -0.2) is 0 Å². The molecule has 0 fully saturated rings. The molecule has 6 heteroatoms. The molecule has 0 amide bonds. The summed E-state index contributed by atoms with van der Waals surface area (Å²) < 4.78 is 3.61. The van der Waals surface area contributed by atoms with E-state index in [1.54, 1.807) is 16.9 Å². The quantitative estimate of drug-likeness (QED) is 0.0413. The molecule has 290 valence electrons. The fourth-order valence-corrected chi connectivity index (χ4v) is 26.1. The molecule has 0 unspecified atom stereocenters. The summed E-state index contributed by atoms with van der Waals surface area (Å²) in [4.78, 5) is 24.5. The minimum atomic E-state index is -2.20. The summed E-state index contributed by atoms with van der Waals surface area (Å²) in [6, 6.07) is 14.8. The van der Waals surface area contributed by atoms with Crippen LogP contribution in [0, 0.1) is 0 Å². The SMILES string of the molecule is CCCCCCCCCCCCc1cc(-c2ccc(-c3ccc(-c4cc(CCCCCCCCCCCC)[c]([Sn]([CH3])([CH3])[CH3])s4)s3)s2)s[c]1[Sn]([CH3])([CH3])[CH3]. The standard InChI is InChI=1S/C40H56S4.6CH3.2Sn/c1-3-5-7-9-11-13-15-17-19-21-23-33-29-39(41-31-33)37-27-25-35(43-37)36-26-28-38(44-36)40-30-34(32-42-40)24-22-20-18-16-14-12-10-8-6-4-2;;;;;;;;/h25-30H,3-24H2,1-2H3;6*1H3;;. The average Bonchev–Trinajstić information content (AvgIpc) is 3.91. The molecule has 0 saturated carbocycles. The van der Waals surface area contributed by atoms with Gasteiger partial charge in [0, 0.05) is 0 Å². The molecule has 4 aromatic rings. The Bertz CT molecular complexity index is 1440. The fourth-order valence-electron chi connectivity index (χ4n) is 7.55. The Labute approximate surface area is 345 Å². The summed E-state index contributed by atoms with van der Waals surface area (Å²) in [6.07, 6.45) is 30.9. The van der Waals surface area contributed by atoms with Crippen LogP contribution in [0.25, 0.3) is 29.3 Å². The molecule has 0 aliphatic heterocycles. The summed E-state index contributed by atoms with van der Waals surface area (Å²) in [5, 5.41) is 0. The van der Waals surface area contributed by atoms with Crippen LogP contribution in [0.15, 0.2) is 36.4 Å². The second kappa shape index (κ2) is 23.6. The van der Waals surface area contributed by atoms with Crippen molar-refractivity contribution in [2.75, 3.05) is 0 Å². The van der Waals surface area contributed by atoms with E-state index in [9.17, 15) is 0 Å². The van der Waals surface area contributed by atoms with Crippen LogP contribution in [0.1, 0.15) is 153 Å². The first-order chi connectivity index (χ1) is 25.0. The van der Waals surface area contributed by atoms with E-state index in [1.165, 1.54) is 171 Å². The predicted octanol–water partition coefficient (Wildman–Crippen LogP) is 17.0. The van der Waals surface area contributed by atoms with Crippen molar-refractivity contribution in [3.63, 3.8) is 0 Å². The van der Waals surface area contributed by atoms with Crippen molar-refractivity contribution in [2.24, 2.45) is 0 Å². The van der Waals surface area contributed by atoms with Crippen molar-refractivity contribution in [3.8, 4) is 29.3 Å². The van der Waals surface area contributed by atoms with Gasteiger partial charge in [0.05, 0.1) is 0 Å². The summed E-state index contributed by atoms with van der Waals surface area (Å²) >= 11 is 3.94. The molecule has 0 N–H and O–H groups in total. The first kappa shape index (κ1) is 45.1. The van der Waals surface area contributed by atoms with E-state index < -0.39 is 36.8 Å². The van der Waals surface area contributed by atoms with Crippen LogP contribution in [0.4, 0.5) is 0 Å². The molecule has 0 spiro atoms. The Morgan fingerprint density at radius 2 is 0.615 bits per heavy atom. The van der Waals surface area contributed by atoms with Gasteiger partial charge in [-0.1, -0.05) is 26.7 Å². The van der Waals surface area contributed by atoms with Gasteiger partial charge in [-0.3, -0.25) is 0 Å². The van der Waals surface area contributed by atoms with Gasteiger partial charge in [-0.15, -0.1) is 0 Å². The summed E-state index contributed by atoms with van der Waals surface area (Å²) in [7, 11) is 0. The van der Waals surface area contributed by atoms with E-state index in [0.29, 0.717) is 0 Å².